The highest BCUT2D eigenvalue weighted by Gasteiger charge is 2.20. The van der Waals surface area contributed by atoms with E-state index in [-0.39, 0.29) is 22.8 Å². The van der Waals surface area contributed by atoms with Crippen molar-refractivity contribution in [3.8, 4) is 6.07 Å². The molecule has 0 unspecified atom stereocenters. The summed E-state index contributed by atoms with van der Waals surface area (Å²) in [5, 5.41) is 11.3. The zero-order valence-electron chi connectivity index (χ0n) is 12.0. The van der Waals surface area contributed by atoms with Crippen LogP contribution in [0, 0.1) is 23.0 Å². The molecule has 0 radical (unpaired) electrons. The van der Waals surface area contributed by atoms with Crippen molar-refractivity contribution in [2.24, 2.45) is 0 Å². The van der Waals surface area contributed by atoms with Crippen molar-refractivity contribution >= 4 is 15.5 Å². The lowest BCUT2D eigenvalue weighted by Crippen LogP contribution is -2.41. The first-order valence-electron chi connectivity index (χ1n) is 6.97. The number of hydrogen-bond acceptors (Lipinski definition) is 5. The fraction of sp³-hybridized carbons (Fsp3) is 0.500. The van der Waals surface area contributed by atoms with Gasteiger partial charge < -0.3 is 10.2 Å². The molecule has 1 aromatic carbocycles. The van der Waals surface area contributed by atoms with Gasteiger partial charge in [0, 0.05) is 19.6 Å². The van der Waals surface area contributed by atoms with Crippen LogP contribution in [0.25, 0.3) is 0 Å². The summed E-state index contributed by atoms with van der Waals surface area (Å²) in [6.07, 6.45) is 0.638. The Balaban J connectivity index is 1.79. The van der Waals surface area contributed by atoms with E-state index in [9.17, 15) is 17.2 Å². The maximum Gasteiger partial charge on any atom is 0.152 e. The van der Waals surface area contributed by atoms with Gasteiger partial charge in [0.15, 0.2) is 21.5 Å². The number of nitrogens with zero attached hydrogens (tertiary/aromatic N) is 2. The minimum Gasteiger partial charge on any atom is -0.380 e. The van der Waals surface area contributed by atoms with Crippen molar-refractivity contribution in [1.82, 2.24) is 4.90 Å². The van der Waals surface area contributed by atoms with E-state index in [0.29, 0.717) is 32.6 Å². The number of halogens is 2. The summed E-state index contributed by atoms with van der Waals surface area (Å²) in [5.74, 6) is -1.25. The Hall–Kier alpha value is -1.72. The molecule has 1 aliphatic heterocycles. The molecule has 1 saturated heterocycles. The number of hydrogen-bond donors (Lipinski definition) is 1. The molecule has 8 heteroatoms. The lowest BCUT2D eigenvalue weighted by Gasteiger charge is -2.26. The van der Waals surface area contributed by atoms with E-state index in [1.807, 2.05) is 4.90 Å². The van der Waals surface area contributed by atoms with Crippen LogP contribution < -0.4 is 5.32 Å². The van der Waals surface area contributed by atoms with Gasteiger partial charge in [0.25, 0.3) is 0 Å². The van der Waals surface area contributed by atoms with Crippen LogP contribution >= 0.6 is 0 Å². The van der Waals surface area contributed by atoms with Crippen LogP contribution in [0.1, 0.15) is 12.0 Å². The van der Waals surface area contributed by atoms with Gasteiger partial charge in [-0.15, -0.1) is 0 Å². The molecule has 22 heavy (non-hydrogen) atoms. The van der Waals surface area contributed by atoms with Crippen molar-refractivity contribution in [3.05, 3.63) is 29.3 Å². The first-order chi connectivity index (χ1) is 10.4. The zero-order valence-corrected chi connectivity index (χ0v) is 12.8. The Labute approximate surface area is 128 Å². The number of nitriles is 1. The summed E-state index contributed by atoms with van der Waals surface area (Å²) >= 11 is 0. The molecule has 2 rings (SSSR count). The van der Waals surface area contributed by atoms with E-state index in [1.54, 1.807) is 6.07 Å². The molecule has 0 bridgehead atoms. The van der Waals surface area contributed by atoms with Gasteiger partial charge in [-0.2, -0.15) is 5.26 Å². The first-order valence-corrected chi connectivity index (χ1v) is 8.79. The summed E-state index contributed by atoms with van der Waals surface area (Å²) in [6, 6.07) is 3.66. The van der Waals surface area contributed by atoms with Crippen molar-refractivity contribution in [2.75, 3.05) is 43.0 Å². The molecule has 1 aromatic rings. The number of rotatable bonds is 5. The topological polar surface area (TPSA) is 73.2 Å². The molecule has 1 N–H and O–H groups in total. The van der Waals surface area contributed by atoms with Crippen LogP contribution in [0.5, 0.6) is 0 Å². The number of benzene rings is 1. The van der Waals surface area contributed by atoms with Gasteiger partial charge in [-0.05, 0) is 25.1 Å². The van der Waals surface area contributed by atoms with E-state index in [0.717, 1.165) is 12.1 Å². The zero-order chi connectivity index (χ0) is 16.2. The summed E-state index contributed by atoms with van der Waals surface area (Å²) in [7, 11) is -2.89. The number of sulfone groups is 1. The summed E-state index contributed by atoms with van der Waals surface area (Å²) in [5.41, 5.74) is -0.296. The fourth-order valence-corrected chi connectivity index (χ4v) is 3.57. The van der Waals surface area contributed by atoms with Gasteiger partial charge in [0.1, 0.15) is 5.69 Å². The third kappa shape index (κ3) is 4.39. The molecule has 0 aromatic heterocycles. The molecule has 0 saturated carbocycles. The van der Waals surface area contributed by atoms with E-state index in [2.05, 4.69) is 5.32 Å². The quantitative estimate of drug-likeness (QED) is 0.826. The monoisotopic (exact) mass is 329 g/mol. The van der Waals surface area contributed by atoms with Crippen molar-refractivity contribution in [1.29, 1.82) is 5.26 Å². The lowest BCUT2D eigenvalue weighted by molar-refractivity contribution is 0.294. The molecule has 1 heterocycles. The predicted molar refractivity (Wildman–Crippen MR) is 79.3 cm³/mol. The van der Waals surface area contributed by atoms with E-state index in [4.69, 9.17) is 5.26 Å². The Morgan fingerprint density at radius 2 is 1.82 bits per heavy atom. The molecule has 0 aliphatic carbocycles. The standard InChI is InChI=1S/C14H17F2N3O2S/c15-12-8-11(10-17)9-13(16)14(12)18-2-1-3-19-4-6-22(20,21)7-5-19/h8-9,18H,1-7H2. The molecule has 1 aliphatic rings. The number of nitrogens with one attached hydrogen (secondary N) is 1. The minimum atomic E-state index is -2.89. The van der Waals surface area contributed by atoms with Gasteiger partial charge in [0.05, 0.1) is 23.1 Å². The molecule has 5 nitrogen and oxygen atoms in total. The second-order valence-electron chi connectivity index (χ2n) is 5.20. The average Bonchev–Trinajstić information content (AvgIpc) is 2.47. The SMILES string of the molecule is N#Cc1cc(F)c(NCCCN2CCS(=O)(=O)CC2)c(F)c1. The van der Waals surface area contributed by atoms with Crippen LogP contribution in [0.15, 0.2) is 12.1 Å². The molecular formula is C14H17F2N3O2S. The van der Waals surface area contributed by atoms with E-state index in [1.165, 1.54) is 0 Å². The number of anilines is 1. The maximum atomic E-state index is 13.6. The second-order valence-corrected chi connectivity index (χ2v) is 7.50. The normalized spacial score (nSPS) is 17.9. The fourth-order valence-electron chi connectivity index (χ4n) is 2.30. The van der Waals surface area contributed by atoms with Crippen LogP contribution in [0.3, 0.4) is 0 Å². The van der Waals surface area contributed by atoms with Crippen molar-refractivity contribution in [2.45, 2.75) is 6.42 Å². The Morgan fingerprint density at radius 1 is 1.23 bits per heavy atom. The van der Waals surface area contributed by atoms with E-state index < -0.39 is 21.5 Å². The summed E-state index contributed by atoms with van der Waals surface area (Å²) in [6.45, 7) is 2.04. The largest absolute Gasteiger partial charge is 0.380 e. The Morgan fingerprint density at radius 3 is 2.36 bits per heavy atom. The van der Waals surface area contributed by atoms with Crippen LogP contribution in [0.4, 0.5) is 14.5 Å². The van der Waals surface area contributed by atoms with Crippen molar-refractivity contribution in [3.63, 3.8) is 0 Å². The first kappa shape index (κ1) is 16.6. The third-order valence-corrected chi connectivity index (χ3v) is 5.17. The molecule has 120 valence electrons. The predicted octanol–water partition coefficient (Wildman–Crippen LogP) is 1.37. The summed E-state index contributed by atoms with van der Waals surface area (Å²) in [4.78, 5) is 2.02. The third-order valence-electron chi connectivity index (χ3n) is 3.56. The van der Waals surface area contributed by atoms with Crippen LogP contribution in [0.2, 0.25) is 0 Å². The molecule has 1 fully saturated rings. The highest BCUT2D eigenvalue weighted by molar-refractivity contribution is 7.91. The van der Waals surface area contributed by atoms with E-state index >= 15 is 0 Å². The smallest absolute Gasteiger partial charge is 0.152 e. The Bertz CT molecular complexity index is 649. The lowest BCUT2D eigenvalue weighted by atomic mass is 10.2. The maximum absolute atomic E-state index is 13.6. The van der Waals surface area contributed by atoms with Crippen molar-refractivity contribution < 1.29 is 17.2 Å². The minimum absolute atomic E-state index is 0.0601. The van der Waals surface area contributed by atoms with Gasteiger partial charge in [-0.3, -0.25) is 0 Å². The summed E-state index contributed by atoms with van der Waals surface area (Å²) < 4.78 is 49.9. The highest BCUT2D eigenvalue weighted by atomic mass is 32.2. The second kappa shape index (κ2) is 7.03. The van der Waals surface area contributed by atoms with Gasteiger partial charge in [0.2, 0.25) is 0 Å². The van der Waals surface area contributed by atoms with Crippen LogP contribution in [-0.2, 0) is 9.84 Å². The molecule has 0 spiro atoms. The highest BCUT2D eigenvalue weighted by Crippen LogP contribution is 2.20. The molecule has 0 atom stereocenters. The Kier molecular flexibility index (Phi) is 5.32. The van der Waals surface area contributed by atoms with Gasteiger partial charge >= 0.3 is 0 Å². The molecule has 0 amide bonds. The van der Waals surface area contributed by atoms with Crippen LogP contribution in [-0.4, -0.2) is 51.0 Å². The average molecular weight is 329 g/mol. The van der Waals surface area contributed by atoms with Gasteiger partial charge in [-0.25, -0.2) is 17.2 Å². The van der Waals surface area contributed by atoms with Gasteiger partial charge in [-0.1, -0.05) is 0 Å². The molecular weight excluding hydrogens is 312 g/mol.